The normalized spacial score (nSPS) is 10.0. The molecule has 1 aromatic heterocycles. The van der Waals surface area contributed by atoms with E-state index in [0.29, 0.717) is 0 Å². The van der Waals surface area contributed by atoms with Crippen molar-refractivity contribution in [3.05, 3.63) is 64.1 Å². The van der Waals surface area contributed by atoms with E-state index in [9.17, 15) is 19.7 Å². The van der Waals surface area contributed by atoms with E-state index in [4.69, 9.17) is 9.15 Å². The molecule has 7 heteroatoms. The number of nitrogens with zero attached hydrogens (tertiary/aromatic N) is 1. The molecule has 2 aromatic rings. The van der Waals surface area contributed by atoms with Crippen LogP contribution in [0.15, 0.2) is 47.1 Å². The Morgan fingerprint density at radius 3 is 2.45 bits per heavy atom. The summed E-state index contributed by atoms with van der Waals surface area (Å²) >= 11 is 0. The van der Waals surface area contributed by atoms with Gasteiger partial charge in [0.1, 0.15) is 0 Å². The van der Waals surface area contributed by atoms with E-state index < -0.39 is 23.3 Å². The summed E-state index contributed by atoms with van der Waals surface area (Å²) in [5, 5.41) is 10.5. The molecule has 0 aliphatic heterocycles. The Morgan fingerprint density at radius 1 is 1.20 bits per heavy atom. The highest BCUT2D eigenvalue weighted by Crippen LogP contribution is 2.12. The standard InChI is InChI=1S/C13H9NO6/c15-11(8-20-13(16)12-2-1-7-19-12)9-3-5-10(6-4-9)14(17)18/h1-7H,8H2. The van der Waals surface area contributed by atoms with Crippen LogP contribution in [-0.4, -0.2) is 23.3 Å². The molecular formula is C13H9NO6. The number of nitro groups is 1. The maximum Gasteiger partial charge on any atom is 0.374 e. The number of hydrogen-bond donors (Lipinski definition) is 0. The molecule has 20 heavy (non-hydrogen) atoms. The van der Waals surface area contributed by atoms with E-state index in [1.165, 1.54) is 42.7 Å². The number of rotatable bonds is 5. The summed E-state index contributed by atoms with van der Waals surface area (Å²) in [6.07, 6.45) is 1.31. The summed E-state index contributed by atoms with van der Waals surface area (Å²) in [7, 11) is 0. The fourth-order valence-electron chi connectivity index (χ4n) is 1.45. The average molecular weight is 275 g/mol. The van der Waals surface area contributed by atoms with Gasteiger partial charge in [-0.15, -0.1) is 0 Å². The molecule has 0 unspecified atom stereocenters. The van der Waals surface area contributed by atoms with E-state index in [1.54, 1.807) is 0 Å². The van der Waals surface area contributed by atoms with Crippen molar-refractivity contribution < 1.29 is 23.7 Å². The Hall–Kier alpha value is -2.96. The van der Waals surface area contributed by atoms with Crippen LogP contribution in [0.4, 0.5) is 5.69 Å². The number of benzene rings is 1. The number of nitro benzene ring substituents is 1. The number of Topliss-reactive ketones (excluding diaryl/α,β-unsaturated/α-hetero) is 1. The lowest BCUT2D eigenvalue weighted by atomic mass is 10.1. The molecular weight excluding hydrogens is 266 g/mol. The molecule has 0 bridgehead atoms. The zero-order valence-electron chi connectivity index (χ0n) is 10.1. The minimum atomic E-state index is -0.745. The molecule has 102 valence electrons. The Bertz CT molecular complexity index is 629. The molecule has 0 amide bonds. The monoisotopic (exact) mass is 275 g/mol. The van der Waals surface area contributed by atoms with Crippen molar-refractivity contribution in [3.8, 4) is 0 Å². The third-order valence-corrected chi connectivity index (χ3v) is 2.46. The maximum atomic E-state index is 11.7. The highest BCUT2D eigenvalue weighted by Gasteiger charge is 2.14. The second-order valence-electron chi connectivity index (χ2n) is 3.78. The summed E-state index contributed by atoms with van der Waals surface area (Å²) in [5.74, 6) is -1.20. The Morgan fingerprint density at radius 2 is 1.90 bits per heavy atom. The van der Waals surface area contributed by atoms with Crippen LogP contribution in [0.5, 0.6) is 0 Å². The lowest BCUT2D eigenvalue weighted by Gasteiger charge is -2.02. The van der Waals surface area contributed by atoms with Crippen molar-refractivity contribution in [2.24, 2.45) is 0 Å². The number of carbonyl (C=O) groups is 2. The quantitative estimate of drug-likeness (QED) is 0.359. The summed E-state index contributed by atoms with van der Waals surface area (Å²) in [4.78, 5) is 33.1. The molecule has 0 saturated carbocycles. The number of ketones is 1. The van der Waals surface area contributed by atoms with Crippen LogP contribution in [0.2, 0.25) is 0 Å². The molecule has 0 aliphatic carbocycles. The van der Waals surface area contributed by atoms with Crippen LogP contribution in [0.25, 0.3) is 0 Å². The van der Waals surface area contributed by atoms with Crippen molar-refractivity contribution in [3.63, 3.8) is 0 Å². The maximum absolute atomic E-state index is 11.7. The second-order valence-corrected chi connectivity index (χ2v) is 3.78. The summed E-state index contributed by atoms with van der Waals surface area (Å²) in [6, 6.07) is 7.97. The summed E-state index contributed by atoms with van der Waals surface area (Å²) < 4.78 is 9.58. The van der Waals surface area contributed by atoms with E-state index in [2.05, 4.69) is 0 Å². The first-order valence-corrected chi connectivity index (χ1v) is 5.56. The first-order chi connectivity index (χ1) is 9.58. The van der Waals surface area contributed by atoms with Gasteiger partial charge in [-0.05, 0) is 24.3 Å². The van der Waals surface area contributed by atoms with Crippen molar-refractivity contribution in [1.82, 2.24) is 0 Å². The van der Waals surface area contributed by atoms with Gasteiger partial charge >= 0.3 is 5.97 Å². The van der Waals surface area contributed by atoms with E-state index in [1.807, 2.05) is 0 Å². The first kappa shape index (κ1) is 13.5. The molecule has 0 saturated heterocycles. The first-order valence-electron chi connectivity index (χ1n) is 5.56. The summed E-state index contributed by atoms with van der Waals surface area (Å²) in [6.45, 7) is -0.461. The van der Waals surface area contributed by atoms with E-state index >= 15 is 0 Å². The van der Waals surface area contributed by atoms with Crippen LogP contribution >= 0.6 is 0 Å². The fourth-order valence-corrected chi connectivity index (χ4v) is 1.45. The van der Waals surface area contributed by atoms with Crippen LogP contribution in [-0.2, 0) is 4.74 Å². The third-order valence-electron chi connectivity index (χ3n) is 2.46. The van der Waals surface area contributed by atoms with Crippen LogP contribution in [0.3, 0.4) is 0 Å². The molecule has 1 aromatic carbocycles. The minimum Gasteiger partial charge on any atom is -0.457 e. The highest BCUT2D eigenvalue weighted by atomic mass is 16.6. The smallest absolute Gasteiger partial charge is 0.374 e. The van der Waals surface area contributed by atoms with Gasteiger partial charge in [0.05, 0.1) is 11.2 Å². The van der Waals surface area contributed by atoms with Gasteiger partial charge in [-0.1, -0.05) is 0 Å². The third kappa shape index (κ3) is 3.08. The molecule has 0 spiro atoms. The predicted octanol–water partition coefficient (Wildman–Crippen LogP) is 2.23. The van der Waals surface area contributed by atoms with Crippen molar-refractivity contribution in [2.75, 3.05) is 6.61 Å². The van der Waals surface area contributed by atoms with Crippen molar-refractivity contribution >= 4 is 17.4 Å². The Kier molecular flexibility index (Phi) is 3.90. The SMILES string of the molecule is O=C(COC(=O)c1ccco1)c1ccc([N+](=O)[O-])cc1. The zero-order valence-corrected chi connectivity index (χ0v) is 10.1. The van der Waals surface area contributed by atoms with Gasteiger partial charge in [-0.25, -0.2) is 4.79 Å². The average Bonchev–Trinajstić information content (AvgIpc) is 2.98. The topological polar surface area (TPSA) is 99.7 Å². The molecule has 0 fully saturated rings. The summed E-state index contributed by atoms with van der Waals surface area (Å²) in [5.41, 5.74) is 0.108. The van der Waals surface area contributed by atoms with Crippen LogP contribution in [0.1, 0.15) is 20.9 Å². The molecule has 0 N–H and O–H groups in total. The Labute approximate surface area is 112 Å². The van der Waals surface area contributed by atoms with Gasteiger partial charge in [0, 0.05) is 17.7 Å². The Balaban J connectivity index is 1.95. The fraction of sp³-hybridized carbons (Fsp3) is 0.0769. The number of non-ortho nitro benzene ring substituents is 1. The number of hydrogen-bond acceptors (Lipinski definition) is 6. The lowest BCUT2D eigenvalue weighted by Crippen LogP contribution is -2.13. The predicted molar refractivity (Wildman–Crippen MR) is 66.4 cm³/mol. The minimum absolute atomic E-state index is 0.00139. The molecule has 0 aliphatic rings. The molecule has 0 atom stereocenters. The van der Waals surface area contributed by atoms with Gasteiger partial charge in [0.2, 0.25) is 5.76 Å². The number of furan rings is 1. The lowest BCUT2D eigenvalue weighted by molar-refractivity contribution is -0.384. The van der Waals surface area contributed by atoms with Gasteiger partial charge < -0.3 is 9.15 Å². The molecule has 2 rings (SSSR count). The van der Waals surface area contributed by atoms with Crippen molar-refractivity contribution in [2.45, 2.75) is 0 Å². The molecule has 7 nitrogen and oxygen atoms in total. The van der Waals surface area contributed by atoms with E-state index in [0.717, 1.165) is 0 Å². The van der Waals surface area contributed by atoms with E-state index in [-0.39, 0.29) is 17.0 Å². The number of esters is 1. The largest absolute Gasteiger partial charge is 0.457 e. The van der Waals surface area contributed by atoms with Gasteiger partial charge in [0.15, 0.2) is 12.4 Å². The number of ether oxygens (including phenoxy) is 1. The van der Waals surface area contributed by atoms with Gasteiger partial charge in [-0.3, -0.25) is 14.9 Å². The van der Waals surface area contributed by atoms with Crippen molar-refractivity contribution in [1.29, 1.82) is 0 Å². The van der Waals surface area contributed by atoms with Gasteiger partial charge in [-0.2, -0.15) is 0 Å². The van der Waals surface area contributed by atoms with Crippen LogP contribution < -0.4 is 0 Å². The molecule has 0 radical (unpaired) electrons. The zero-order chi connectivity index (χ0) is 14.5. The van der Waals surface area contributed by atoms with Gasteiger partial charge in [0.25, 0.3) is 5.69 Å². The second kappa shape index (κ2) is 5.79. The van der Waals surface area contributed by atoms with Crippen LogP contribution in [0, 0.1) is 10.1 Å². The highest BCUT2D eigenvalue weighted by molar-refractivity contribution is 5.99. The number of carbonyl (C=O) groups excluding carboxylic acids is 2. The molecule has 1 heterocycles.